The molecule has 0 saturated heterocycles. The van der Waals surface area contributed by atoms with E-state index >= 15 is 0 Å². The lowest BCUT2D eigenvalue weighted by atomic mass is 10.1. The Hall–Kier alpha value is -1.57. The van der Waals surface area contributed by atoms with Crippen LogP contribution in [0.25, 0.3) is 0 Å². The van der Waals surface area contributed by atoms with E-state index in [0.717, 1.165) is 6.26 Å². The maximum atomic E-state index is 12.0. The molecule has 0 unspecified atom stereocenters. The summed E-state index contributed by atoms with van der Waals surface area (Å²) in [5.74, 6) is -0.636. The monoisotopic (exact) mass is 295 g/mol. The molecule has 1 aromatic carbocycles. The molecule has 0 spiro atoms. The second-order valence-electron chi connectivity index (χ2n) is 3.99. The maximum absolute atomic E-state index is 12.0. The summed E-state index contributed by atoms with van der Waals surface area (Å²) >= 11 is 0. The Morgan fingerprint density at radius 1 is 1.21 bits per heavy atom. The first kappa shape index (κ1) is 15.5. The van der Waals surface area contributed by atoms with E-state index < -0.39 is 34.8 Å². The van der Waals surface area contributed by atoms with E-state index in [0.29, 0.717) is 0 Å². The lowest BCUT2D eigenvalue weighted by molar-refractivity contribution is -0.133. The Labute approximate surface area is 108 Å². The number of ketones is 1. The van der Waals surface area contributed by atoms with E-state index in [1.165, 1.54) is 24.3 Å². The molecule has 19 heavy (non-hydrogen) atoms. The van der Waals surface area contributed by atoms with Crippen LogP contribution in [0.1, 0.15) is 23.2 Å². The molecule has 4 nitrogen and oxygen atoms in total. The van der Waals surface area contributed by atoms with E-state index in [1.54, 1.807) is 0 Å². The van der Waals surface area contributed by atoms with Gasteiger partial charge in [0, 0.05) is 17.7 Å². The third kappa shape index (κ3) is 6.23. The van der Waals surface area contributed by atoms with Gasteiger partial charge in [0.15, 0.2) is 5.78 Å². The average molecular weight is 295 g/mol. The minimum atomic E-state index is -4.37. The van der Waals surface area contributed by atoms with Gasteiger partial charge in [-0.15, -0.1) is 0 Å². The number of rotatable bonds is 5. The van der Waals surface area contributed by atoms with Crippen LogP contribution in [-0.4, -0.2) is 26.6 Å². The van der Waals surface area contributed by atoms with Crippen LogP contribution >= 0.6 is 0 Å². The zero-order valence-electron chi connectivity index (χ0n) is 9.99. The van der Waals surface area contributed by atoms with Crippen molar-refractivity contribution in [3.05, 3.63) is 29.8 Å². The molecule has 0 saturated carbocycles. The highest BCUT2D eigenvalue weighted by molar-refractivity contribution is 7.92. The summed E-state index contributed by atoms with van der Waals surface area (Å²) in [4.78, 5) is 11.4. The van der Waals surface area contributed by atoms with E-state index in [1.807, 2.05) is 0 Å². The van der Waals surface area contributed by atoms with Crippen LogP contribution < -0.4 is 4.72 Å². The lowest BCUT2D eigenvalue weighted by Crippen LogP contribution is -2.11. The topological polar surface area (TPSA) is 63.2 Å². The number of carbonyl (C=O) groups excluding carboxylic acids is 1. The van der Waals surface area contributed by atoms with Crippen LogP contribution in [-0.2, 0) is 10.0 Å². The van der Waals surface area contributed by atoms with Crippen LogP contribution in [0.4, 0.5) is 18.9 Å². The quantitative estimate of drug-likeness (QED) is 0.849. The molecular formula is C11H12F3NO3S. The number of alkyl halides is 3. The van der Waals surface area contributed by atoms with Crippen molar-refractivity contribution in [3.63, 3.8) is 0 Å². The van der Waals surface area contributed by atoms with Crippen molar-refractivity contribution >= 4 is 21.5 Å². The molecule has 0 atom stereocenters. The van der Waals surface area contributed by atoms with Gasteiger partial charge in [-0.2, -0.15) is 13.2 Å². The number of Topliss-reactive ketones (excluding diaryl/α,β-unsaturated/α-hetero) is 1. The van der Waals surface area contributed by atoms with E-state index in [2.05, 4.69) is 4.72 Å². The second kappa shape index (κ2) is 5.60. The normalized spacial score (nSPS) is 12.2. The number of sulfonamides is 1. The van der Waals surface area contributed by atoms with Gasteiger partial charge < -0.3 is 0 Å². The lowest BCUT2D eigenvalue weighted by Gasteiger charge is -2.07. The molecule has 1 rings (SSSR count). The SMILES string of the molecule is CS(=O)(=O)Nc1ccc(C(=O)CCC(F)(F)F)cc1. The predicted molar refractivity (Wildman–Crippen MR) is 64.5 cm³/mol. The Kier molecular flexibility index (Phi) is 4.56. The minimum Gasteiger partial charge on any atom is -0.294 e. The third-order valence-corrected chi connectivity index (χ3v) is 2.75. The van der Waals surface area contributed by atoms with Crippen molar-refractivity contribution in [2.24, 2.45) is 0 Å². The highest BCUT2D eigenvalue weighted by Gasteiger charge is 2.28. The fourth-order valence-corrected chi connectivity index (χ4v) is 1.90. The zero-order valence-corrected chi connectivity index (χ0v) is 10.8. The Morgan fingerprint density at radius 2 is 1.74 bits per heavy atom. The Morgan fingerprint density at radius 3 is 2.16 bits per heavy atom. The molecule has 0 radical (unpaired) electrons. The summed E-state index contributed by atoms with van der Waals surface area (Å²) in [6.07, 6.45) is -5.19. The minimum absolute atomic E-state index is 0.114. The summed E-state index contributed by atoms with van der Waals surface area (Å²) < 4.78 is 59.9. The number of hydrogen-bond acceptors (Lipinski definition) is 3. The van der Waals surface area contributed by atoms with Crippen LogP contribution in [0.15, 0.2) is 24.3 Å². The first-order valence-corrected chi connectivity index (χ1v) is 7.14. The average Bonchev–Trinajstić information content (AvgIpc) is 2.23. The van der Waals surface area contributed by atoms with Crippen molar-refractivity contribution in [1.82, 2.24) is 0 Å². The van der Waals surface area contributed by atoms with Crippen molar-refractivity contribution < 1.29 is 26.4 Å². The number of carbonyl (C=O) groups is 1. The molecule has 1 aromatic rings. The standard InChI is InChI=1S/C11H12F3NO3S/c1-19(17,18)15-9-4-2-8(3-5-9)10(16)6-7-11(12,13)14/h2-5,15H,6-7H2,1H3. The van der Waals surface area contributed by atoms with Gasteiger partial charge in [0.2, 0.25) is 10.0 Å². The molecule has 0 amide bonds. The first-order chi connectivity index (χ1) is 8.57. The van der Waals surface area contributed by atoms with Gasteiger partial charge in [-0.05, 0) is 24.3 Å². The molecule has 0 heterocycles. The maximum Gasteiger partial charge on any atom is 0.389 e. The van der Waals surface area contributed by atoms with Gasteiger partial charge in [-0.3, -0.25) is 9.52 Å². The van der Waals surface area contributed by atoms with Crippen LogP contribution in [0, 0.1) is 0 Å². The summed E-state index contributed by atoms with van der Waals surface area (Å²) in [6, 6.07) is 5.21. The highest BCUT2D eigenvalue weighted by atomic mass is 32.2. The van der Waals surface area contributed by atoms with Crippen LogP contribution in [0.3, 0.4) is 0 Å². The van der Waals surface area contributed by atoms with Gasteiger partial charge in [0.25, 0.3) is 0 Å². The molecule has 0 aliphatic rings. The number of anilines is 1. The smallest absolute Gasteiger partial charge is 0.294 e. The van der Waals surface area contributed by atoms with Gasteiger partial charge in [0.1, 0.15) is 0 Å². The molecular weight excluding hydrogens is 283 g/mol. The summed E-state index contributed by atoms with van der Waals surface area (Å²) in [7, 11) is -3.42. The molecule has 0 aliphatic heterocycles. The van der Waals surface area contributed by atoms with Gasteiger partial charge in [-0.1, -0.05) is 0 Å². The molecule has 8 heteroatoms. The fourth-order valence-electron chi connectivity index (χ4n) is 1.34. The summed E-state index contributed by atoms with van der Waals surface area (Å²) in [5.41, 5.74) is 0.359. The van der Waals surface area contributed by atoms with Gasteiger partial charge in [0.05, 0.1) is 12.7 Å². The van der Waals surface area contributed by atoms with Crippen molar-refractivity contribution in [3.8, 4) is 0 Å². The Bertz CT molecular complexity index is 550. The third-order valence-electron chi connectivity index (χ3n) is 2.15. The van der Waals surface area contributed by atoms with Crippen LogP contribution in [0.5, 0.6) is 0 Å². The fraction of sp³-hybridized carbons (Fsp3) is 0.364. The Balaban J connectivity index is 2.68. The largest absolute Gasteiger partial charge is 0.389 e. The van der Waals surface area contributed by atoms with E-state index in [-0.39, 0.29) is 11.3 Å². The second-order valence-corrected chi connectivity index (χ2v) is 5.74. The highest BCUT2D eigenvalue weighted by Crippen LogP contribution is 2.23. The molecule has 0 aliphatic carbocycles. The predicted octanol–water partition coefficient (Wildman–Crippen LogP) is 2.58. The summed E-state index contributed by atoms with van der Waals surface area (Å²) in [6.45, 7) is 0. The van der Waals surface area contributed by atoms with Crippen molar-refractivity contribution in [2.75, 3.05) is 11.0 Å². The van der Waals surface area contributed by atoms with E-state index in [9.17, 15) is 26.4 Å². The molecule has 106 valence electrons. The number of hydrogen-bond donors (Lipinski definition) is 1. The first-order valence-electron chi connectivity index (χ1n) is 5.25. The molecule has 0 fully saturated rings. The molecule has 1 N–H and O–H groups in total. The number of benzene rings is 1. The number of halogens is 3. The number of nitrogens with one attached hydrogen (secondary N) is 1. The van der Waals surface area contributed by atoms with Gasteiger partial charge >= 0.3 is 6.18 Å². The summed E-state index contributed by atoms with van der Waals surface area (Å²) in [5, 5.41) is 0. The molecule has 0 aromatic heterocycles. The van der Waals surface area contributed by atoms with Gasteiger partial charge in [-0.25, -0.2) is 8.42 Å². The van der Waals surface area contributed by atoms with Crippen molar-refractivity contribution in [2.45, 2.75) is 19.0 Å². The van der Waals surface area contributed by atoms with Crippen LogP contribution in [0.2, 0.25) is 0 Å². The van der Waals surface area contributed by atoms with Crippen molar-refractivity contribution in [1.29, 1.82) is 0 Å². The van der Waals surface area contributed by atoms with E-state index in [4.69, 9.17) is 0 Å². The molecule has 0 bridgehead atoms. The zero-order chi connectivity index (χ0) is 14.7.